The summed E-state index contributed by atoms with van der Waals surface area (Å²) in [7, 11) is 1.83. The Balaban J connectivity index is 1.48. The first-order chi connectivity index (χ1) is 11.5. The summed E-state index contributed by atoms with van der Waals surface area (Å²) < 4.78 is 14.7. The van der Waals surface area contributed by atoms with Crippen LogP contribution in [0.3, 0.4) is 0 Å². The Bertz CT molecular complexity index is 669. The predicted molar refractivity (Wildman–Crippen MR) is 86.0 cm³/mol. The van der Waals surface area contributed by atoms with Crippen molar-refractivity contribution in [3.8, 4) is 0 Å². The van der Waals surface area contributed by atoms with Crippen molar-refractivity contribution in [2.24, 2.45) is 18.4 Å². The van der Waals surface area contributed by atoms with Crippen molar-refractivity contribution in [3.63, 3.8) is 0 Å². The van der Waals surface area contributed by atoms with Crippen LogP contribution in [0.5, 0.6) is 0 Å². The summed E-state index contributed by atoms with van der Waals surface area (Å²) in [6.07, 6.45) is 5.84. The molecule has 6 nitrogen and oxygen atoms in total. The molecule has 3 heterocycles. The van der Waals surface area contributed by atoms with Crippen LogP contribution in [0.4, 0.5) is 10.1 Å². The molecule has 1 aromatic rings. The number of piperidine rings is 1. The highest BCUT2D eigenvalue weighted by atomic mass is 19.1. The summed E-state index contributed by atoms with van der Waals surface area (Å²) in [5, 5.41) is 4.14. The van der Waals surface area contributed by atoms with E-state index < -0.39 is 11.6 Å². The molecule has 0 unspecified atom stereocenters. The minimum absolute atomic E-state index is 0.0376. The fourth-order valence-electron chi connectivity index (χ4n) is 4.32. The number of anilines is 1. The maximum absolute atomic E-state index is 13.1. The van der Waals surface area contributed by atoms with E-state index in [1.807, 2.05) is 18.1 Å². The Morgan fingerprint density at radius 2 is 2.12 bits per heavy atom. The molecule has 7 heteroatoms. The number of halogens is 1. The summed E-state index contributed by atoms with van der Waals surface area (Å²) in [6, 6.07) is 0. The smallest absolute Gasteiger partial charge is 0.235 e. The van der Waals surface area contributed by atoms with E-state index in [0.29, 0.717) is 32.5 Å². The lowest BCUT2D eigenvalue weighted by atomic mass is 9.76. The number of hydrogen-bond acceptors (Lipinski definition) is 3. The van der Waals surface area contributed by atoms with Gasteiger partial charge in [0.25, 0.3) is 0 Å². The summed E-state index contributed by atoms with van der Waals surface area (Å²) >= 11 is 0. The minimum Gasteiger partial charge on any atom is -0.341 e. The van der Waals surface area contributed by atoms with Gasteiger partial charge in [0, 0.05) is 38.8 Å². The van der Waals surface area contributed by atoms with Gasteiger partial charge in [-0.1, -0.05) is 0 Å². The third-order valence-electron chi connectivity index (χ3n) is 5.83. The third-order valence-corrected chi connectivity index (χ3v) is 5.83. The van der Waals surface area contributed by atoms with Gasteiger partial charge >= 0.3 is 0 Å². The number of amides is 2. The van der Waals surface area contributed by atoms with Crippen molar-refractivity contribution in [2.75, 3.05) is 24.5 Å². The van der Waals surface area contributed by atoms with Crippen LogP contribution >= 0.6 is 0 Å². The van der Waals surface area contributed by atoms with E-state index in [-0.39, 0.29) is 17.7 Å². The largest absolute Gasteiger partial charge is 0.341 e. The van der Waals surface area contributed by atoms with Gasteiger partial charge in [0.05, 0.1) is 17.3 Å². The van der Waals surface area contributed by atoms with Crippen molar-refractivity contribution in [2.45, 2.75) is 38.3 Å². The molecule has 24 heavy (non-hydrogen) atoms. The summed E-state index contributed by atoms with van der Waals surface area (Å²) in [5.41, 5.74) is 0.352. The van der Waals surface area contributed by atoms with E-state index in [4.69, 9.17) is 0 Å². The van der Waals surface area contributed by atoms with E-state index in [0.717, 1.165) is 24.9 Å². The standard InChI is InChI=1S/C17H23FN4O2/c1-20-10-14(9-19-20)22-6-4-17(16(22)24)3-2-5-21(11-17)15(23)12-7-13(18)8-12/h9-10,12-13H,2-8,11H2,1H3/t12?,13?,17-/m1/s1. The zero-order valence-electron chi connectivity index (χ0n) is 13.9. The number of rotatable bonds is 2. The molecule has 1 saturated carbocycles. The lowest BCUT2D eigenvalue weighted by Crippen LogP contribution is -2.52. The van der Waals surface area contributed by atoms with E-state index >= 15 is 0 Å². The van der Waals surface area contributed by atoms with E-state index in [1.54, 1.807) is 15.8 Å². The molecule has 3 aliphatic rings. The van der Waals surface area contributed by atoms with Gasteiger partial charge in [-0.15, -0.1) is 0 Å². The van der Waals surface area contributed by atoms with E-state index in [2.05, 4.69) is 5.10 Å². The van der Waals surface area contributed by atoms with E-state index in [9.17, 15) is 14.0 Å². The van der Waals surface area contributed by atoms with Gasteiger partial charge in [-0.05, 0) is 32.1 Å². The average Bonchev–Trinajstić information content (AvgIpc) is 3.09. The highest BCUT2D eigenvalue weighted by Crippen LogP contribution is 2.43. The zero-order chi connectivity index (χ0) is 16.9. The number of alkyl halides is 1. The summed E-state index contributed by atoms with van der Waals surface area (Å²) in [6.45, 7) is 1.84. The molecule has 2 aliphatic heterocycles. The number of aryl methyl sites for hydroxylation is 1. The van der Waals surface area contributed by atoms with Crippen LogP contribution in [-0.4, -0.2) is 52.3 Å². The second-order valence-electron chi connectivity index (χ2n) is 7.49. The number of likely N-dealkylation sites (tertiary alicyclic amines) is 1. The number of carbonyl (C=O) groups is 2. The maximum atomic E-state index is 13.1. The fraction of sp³-hybridized carbons (Fsp3) is 0.706. The first kappa shape index (κ1) is 15.6. The lowest BCUT2D eigenvalue weighted by molar-refractivity contribution is -0.146. The van der Waals surface area contributed by atoms with Gasteiger partial charge in [0.15, 0.2) is 0 Å². The van der Waals surface area contributed by atoms with Crippen LogP contribution in [0.1, 0.15) is 32.1 Å². The normalized spacial score (nSPS) is 33.2. The predicted octanol–water partition coefficient (Wildman–Crippen LogP) is 1.51. The third kappa shape index (κ3) is 2.41. The molecule has 1 aliphatic carbocycles. The number of carbonyl (C=O) groups excluding carboxylic acids is 2. The second-order valence-corrected chi connectivity index (χ2v) is 7.49. The molecule has 0 bridgehead atoms. The van der Waals surface area contributed by atoms with Crippen LogP contribution in [0.2, 0.25) is 0 Å². The quantitative estimate of drug-likeness (QED) is 0.824. The van der Waals surface area contributed by atoms with Crippen molar-refractivity contribution in [3.05, 3.63) is 12.4 Å². The molecule has 4 rings (SSSR count). The maximum Gasteiger partial charge on any atom is 0.235 e. The van der Waals surface area contributed by atoms with Crippen molar-refractivity contribution in [1.82, 2.24) is 14.7 Å². The number of hydrogen-bond donors (Lipinski definition) is 0. The molecule has 130 valence electrons. The molecule has 0 N–H and O–H groups in total. The Kier molecular flexibility index (Phi) is 3.62. The van der Waals surface area contributed by atoms with Crippen molar-refractivity contribution >= 4 is 17.5 Å². The van der Waals surface area contributed by atoms with Gasteiger partial charge in [-0.25, -0.2) is 4.39 Å². The molecule has 0 radical (unpaired) electrons. The van der Waals surface area contributed by atoms with Crippen molar-refractivity contribution < 1.29 is 14.0 Å². The Labute approximate surface area is 140 Å². The summed E-state index contributed by atoms with van der Waals surface area (Å²) in [5.74, 6) is -0.0401. The van der Waals surface area contributed by atoms with Crippen LogP contribution in [0.25, 0.3) is 0 Å². The monoisotopic (exact) mass is 334 g/mol. The van der Waals surface area contributed by atoms with Gasteiger partial charge < -0.3 is 9.80 Å². The van der Waals surface area contributed by atoms with Gasteiger partial charge in [-0.3, -0.25) is 14.3 Å². The summed E-state index contributed by atoms with van der Waals surface area (Å²) in [4.78, 5) is 29.2. The van der Waals surface area contributed by atoms with Crippen molar-refractivity contribution in [1.29, 1.82) is 0 Å². The minimum atomic E-state index is -0.827. The molecule has 2 amide bonds. The van der Waals surface area contributed by atoms with Gasteiger partial charge in [-0.2, -0.15) is 5.10 Å². The Hall–Kier alpha value is -1.92. The first-order valence-corrected chi connectivity index (χ1v) is 8.72. The topological polar surface area (TPSA) is 58.4 Å². The van der Waals surface area contributed by atoms with Gasteiger partial charge in [0.2, 0.25) is 11.8 Å². The zero-order valence-corrected chi connectivity index (χ0v) is 13.9. The molecule has 1 aromatic heterocycles. The Morgan fingerprint density at radius 1 is 1.33 bits per heavy atom. The average molecular weight is 334 g/mol. The fourth-order valence-corrected chi connectivity index (χ4v) is 4.32. The van der Waals surface area contributed by atoms with Crippen LogP contribution < -0.4 is 4.90 Å². The van der Waals surface area contributed by atoms with Crippen LogP contribution in [0, 0.1) is 11.3 Å². The SMILES string of the molecule is Cn1cc(N2CC[C@@]3(CCCN(C(=O)C4CC(F)C4)C3)C2=O)cn1. The number of nitrogens with zero attached hydrogens (tertiary/aromatic N) is 4. The Morgan fingerprint density at radius 3 is 2.79 bits per heavy atom. The van der Waals surface area contributed by atoms with E-state index in [1.165, 1.54) is 0 Å². The molecule has 2 saturated heterocycles. The lowest BCUT2D eigenvalue weighted by Gasteiger charge is -2.42. The van der Waals surface area contributed by atoms with Crippen LogP contribution in [-0.2, 0) is 16.6 Å². The first-order valence-electron chi connectivity index (χ1n) is 8.72. The molecular weight excluding hydrogens is 311 g/mol. The van der Waals surface area contributed by atoms with Gasteiger partial charge in [0.1, 0.15) is 6.17 Å². The number of aromatic nitrogens is 2. The molecular formula is C17H23FN4O2. The molecule has 1 spiro atoms. The van der Waals surface area contributed by atoms with Crippen LogP contribution in [0.15, 0.2) is 12.4 Å². The molecule has 1 atom stereocenters. The second kappa shape index (κ2) is 5.57. The molecule has 3 fully saturated rings. The highest BCUT2D eigenvalue weighted by Gasteiger charge is 2.51. The molecule has 0 aromatic carbocycles. The highest BCUT2D eigenvalue weighted by molar-refractivity contribution is 6.00.